The first-order chi connectivity index (χ1) is 10.2. The summed E-state index contributed by atoms with van der Waals surface area (Å²) in [6.45, 7) is 0.767. The second kappa shape index (κ2) is 4.30. The van der Waals surface area contributed by atoms with Crippen molar-refractivity contribution in [1.29, 1.82) is 0 Å². The Kier molecular flexibility index (Phi) is 2.44. The summed E-state index contributed by atoms with van der Waals surface area (Å²) in [6, 6.07) is 1.72. The predicted octanol–water partition coefficient (Wildman–Crippen LogP) is 0.438. The van der Waals surface area contributed by atoms with Gasteiger partial charge in [0.2, 0.25) is 0 Å². The molecule has 0 fully saturated rings. The summed E-state index contributed by atoms with van der Waals surface area (Å²) in [5.41, 5.74) is 2.18. The monoisotopic (exact) mass is 285 g/mol. The van der Waals surface area contributed by atoms with E-state index in [0.29, 0.717) is 41.0 Å². The lowest BCUT2D eigenvalue weighted by Gasteiger charge is -2.25. The lowest BCUT2D eigenvalue weighted by Crippen LogP contribution is -2.36. The third-order valence-corrected chi connectivity index (χ3v) is 3.65. The molecule has 0 radical (unpaired) electrons. The number of rotatable bonds is 1. The number of imidazole rings is 1. The molecule has 0 saturated heterocycles. The van der Waals surface area contributed by atoms with E-state index in [4.69, 9.17) is 4.52 Å². The maximum absolute atomic E-state index is 12.5. The number of H-pyrrole nitrogens is 2. The van der Waals surface area contributed by atoms with Crippen LogP contribution >= 0.6 is 0 Å². The van der Waals surface area contributed by atoms with E-state index >= 15 is 0 Å². The molecule has 8 heteroatoms. The van der Waals surface area contributed by atoms with Crippen LogP contribution in [0.1, 0.15) is 21.7 Å². The zero-order valence-electron chi connectivity index (χ0n) is 10.9. The average molecular weight is 285 g/mol. The van der Waals surface area contributed by atoms with Crippen molar-refractivity contribution < 1.29 is 9.32 Å². The fraction of sp³-hybridized carbons (Fsp3) is 0.231. The van der Waals surface area contributed by atoms with Gasteiger partial charge in [-0.25, -0.2) is 9.97 Å². The van der Waals surface area contributed by atoms with Crippen LogP contribution in [0.2, 0.25) is 0 Å². The summed E-state index contributed by atoms with van der Waals surface area (Å²) in [4.78, 5) is 36.7. The molecule has 21 heavy (non-hydrogen) atoms. The van der Waals surface area contributed by atoms with Crippen molar-refractivity contribution >= 4 is 17.1 Å². The Morgan fingerprint density at radius 1 is 1.38 bits per heavy atom. The van der Waals surface area contributed by atoms with Gasteiger partial charge in [-0.2, -0.15) is 5.16 Å². The highest BCUT2D eigenvalue weighted by molar-refractivity contribution is 5.96. The van der Waals surface area contributed by atoms with Gasteiger partial charge < -0.3 is 14.4 Å². The molecule has 1 amide bonds. The summed E-state index contributed by atoms with van der Waals surface area (Å²) >= 11 is 0. The van der Waals surface area contributed by atoms with Crippen LogP contribution in [-0.4, -0.2) is 37.5 Å². The second-order valence-corrected chi connectivity index (χ2v) is 4.91. The summed E-state index contributed by atoms with van der Waals surface area (Å²) < 4.78 is 5.10. The van der Waals surface area contributed by atoms with Crippen LogP contribution in [0.15, 0.2) is 27.9 Å². The number of carbonyl (C=O) groups excluding carboxylic acids is 1. The first-order valence-corrected chi connectivity index (χ1v) is 6.50. The quantitative estimate of drug-likeness (QED) is 0.674. The number of aromatic amines is 2. The molecule has 3 aromatic heterocycles. The van der Waals surface area contributed by atoms with Crippen LogP contribution in [-0.2, 0) is 13.0 Å². The maximum atomic E-state index is 12.5. The van der Waals surface area contributed by atoms with Gasteiger partial charge in [0.1, 0.15) is 0 Å². The van der Waals surface area contributed by atoms with Crippen LogP contribution < -0.4 is 5.56 Å². The summed E-state index contributed by atoms with van der Waals surface area (Å²) in [7, 11) is 0. The minimum atomic E-state index is -0.211. The summed E-state index contributed by atoms with van der Waals surface area (Å²) in [5, 5.41) is 2.30. The fourth-order valence-electron chi connectivity index (χ4n) is 2.54. The SMILES string of the molecule is O=C(c1cnc2nc[nH]c2c1)N1CCc2c(o[nH]c2=O)C1. The number of nitrogens with zero attached hydrogens (tertiary/aromatic N) is 3. The predicted molar refractivity (Wildman–Crippen MR) is 71.7 cm³/mol. The smallest absolute Gasteiger partial charge is 0.283 e. The molecule has 1 aliphatic heterocycles. The standard InChI is InChI=1S/C13H11N5O3/c19-12-8-1-2-18(5-10(8)21-17-12)13(20)7-3-9-11(14-4-7)16-6-15-9/h3-4,6H,1-2,5H2,(H,17,19)(H,14,15,16). The molecule has 0 bridgehead atoms. The van der Waals surface area contributed by atoms with E-state index < -0.39 is 0 Å². The van der Waals surface area contributed by atoms with Crippen LogP contribution in [0.5, 0.6) is 0 Å². The van der Waals surface area contributed by atoms with Crippen LogP contribution in [0.4, 0.5) is 0 Å². The zero-order valence-corrected chi connectivity index (χ0v) is 10.9. The van der Waals surface area contributed by atoms with Crippen molar-refractivity contribution in [3.8, 4) is 0 Å². The molecule has 0 aromatic carbocycles. The third kappa shape index (κ3) is 1.83. The molecule has 0 aliphatic carbocycles. The van der Waals surface area contributed by atoms with Gasteiger partial charge in [0.25, 0.3) is 11.5 Å². The first-order valence-electron chi connectivity index (χ1n) is 6.50. The molecule has 0 unspecified atom stereocenters. The van der Waals surface area contributed by atoms with Crippen LogP contribution in [0.25, 0.3) is 11.2 Å². The molecule has 3 aromatic rings. The molecule has 0 spiro atoms. The Bertz CT molecular complexity index is 890. The Labute approximate surface area is 117 Å². The van der Waals surface area contributed by atoms with Gasteiger partial charge in [-0.1, -0.05) is 0 Å². The minimum absolute atomic E-state index is 0.145. The fourth-order valence-corrected chi connectivity index (χ4v) is 2.54. The number of carbonyl (C=O) groups is 1. The number of pyridine rings is 1. The van der Waals surface area contributed by atoms with Gasteiger partial charge in [0, 0.05) is 12.7 Å². The first kappa shape index (κ1) is 11.9. The zero-order chi connectivity index (χ0) is 14.4. The van der Waals surface area contributed by atoms with E-state index in [9.17, 15) is 9.59 Å². The Balaban J connectivity index is 1.64. The largest absolute Gasteiger partial charge is 0.381 e. The van der Waals surface area contributed by atoms with Crippen molar-refractivity contribution in [3.63, 3.8) is 0 Å². The van der Waals surface area contributed by atoms with Crippen molar-refractivity contribution in [3.05, 3.63) is 45.8 Å². The van der Waals surface area contributed by atoms with Crippen molar-refractivity contribution in [2.24, 2.45) is 0 Å². The number of nitrogens with one attached hydrogen (secondary N) is 2. The Morgan fingerprint density at radius 3 is 3.19 bits per heavy atom. The number of fused-ring (bicyclic) bond motifs is 2. The molecule has 0 saturated carbocycles. The van der Waals surface area contributed by atoms with Gasteiger partial charge in [0.05, 0.1) is 29.5 Å². The van der Waals surface area contributed by atoms with Gasteiger partial charge in [-0.3, -0.25) is 9.59 Å². The number of amides is 1. The molecule has 4 rings (SSSR count). The van der Waals surface area contributed by atoms with Gasteiger partial charge >= 0.3 is 0 Å². The van der Waals surface area contributed by atoms with E-state index in [1.165, 1.54) is 12.5 Å². The van der Waals surface area contributed by atoms with Crippen molar-refractivity contribution in [2.45, 2.75) is 13.0 Å². The molecule has 4 heterocycles. The van der Waals surface area contributed by atoms with E-state index in [2.05, 4.69) is 20.1 Å². The van der Waals surface area contributed by atoms with Crippen molar-refractivity contribution in [2.75, 3.05) is 6.54 Å². The van der Waals surface area contributed by atoms with Gasteiger partial charge in [-0.15, -0.1) is 0 Å². The van der Waals surface area contributed by atoms with E-state index in [0.717, 1.165) is 0 Å². The molecule has 1 aliphatic rings. The lowest BCUT2D eigenvalue weighted by atomic mass is 10.1. The number of aromatic nitrogens is 4. The molecule has 0 atom stereocenters. The Morgan fingerprint density at radius 2 is 2.29 bits per heavy atom. The highest BCUT2D eigenvalue weighted by Gasteiger charge is 2.26. The highest BCUT2D eigenvalue weighted by Crippen LogP contribution is 2.18. The third-order valence-electron chi connectivity index (χ3n) is 3.65. The molecular weight excluding hydrogens is 274 g/mol. The molecule has 8 nitrogen and oxygen atoms in total. The maximum Gasteiger partial charge on any atom is 0.283 e. The molecule has 106 valence electrons. The van der Waals surface area contributed by atoms with Crippen LogP contribution in [0.3, 0.4) is 0 Å². The van der Waals surface area contributed by atoms with Crippen LogP contribution in [0, 0.1) is 0 Å². The highest BCUT2D eigenvalue weighted by atomic mass is 16.5. The number of hydrogen-bond acceptors (Lipinski definition) is 5. The minimum Gasteiger partial charge on any atom is -0.381 e. The average Bonchev–Trinajstić information content (AvgIpc) is 3.12. The number of hydrogen-bond donors (Lipinski definition) is 2. The Hall–Kier alpha value is -2.90. The topological polar surface area (TPSA) is 108 Å². The second-order valence-electron chi connectivity index (χ2n) is 4.91. The van der Waals surface area contributed by atoms with E-state index in [1.807, 2.05) is 0 Å². The van der Waals surface area contributed by atoms with Gasteiger partial charge in [-0.05, 0) is 12.5 Å². The van der Waals surface area contributed by atoms with E-state index in [-0.39, 0.29) is 18.0 Å². The molecular formula is C13H11N5O3. The van der Waals surface area contributed by atoms with Gasteiger partial charge in [0.15, 0.2) is 11.4 Å². The van der Waals surface area contributed by atoms with E-state index in [1.54, 1.807) is 11.0 Å². The summed E-state index contributed by atoms with van der Waals surface area (Å²) in [6.07, 6.45) is 3.54. The lowest BCUT2D eigenvalue weighted by molar-refractivity contribution is 0.0715. The van der Waals surface area contributed by atoms with Crippen molar-refractivity contribution in [1.82, 2.24) is 25.0 Å². The molecule has 2 N–H and O–H groups in total. The summed E-state index contributed by atoms with van der Waals surface area (Å²) in [5.74, 6) is 0.378. The normalized spacial score (nSPS) is 14.4.